The first kappa shape index (κ1) is 51.0. The van der Waals surface area contributed by atoms with Crippen LogP contribution in [0.5, 0.6) is 5.75 Å². The molecule has 22 heteroatoms. The lowest BCUT2D eigenvalue weighted by molar-refractivity contribution is -0.142. The van der Waals surface area contributed by atoms with E-state index in [1.54, 1.807) is 31.2 Å². The van der Waals surface area contributed by atoms with Crippen molar-refractivity contribution in [1.29, 1.82) is 0 Å². The van der Waals surface area contributed by atoms with Crippen molar-refractivity contribution in [3.05, 3.63) is 29.8 Å². The molecule has 21 nitrogen and oxygen atoms in total. The first-order valence-electron chi connectivity index (χ1n) is 19.1. The van der Waals surface area contributed by atoms with Gasteiger partial charge in [-0.15, -0.1) is 0 Å². The molecule has 0 saturated heterocycles. The molecule has 17 N–H and O–H groups in total. The van der Waals surface area contributed by atoms with Gasteiger partial charge in [0, 0.05) is 26.2 Å². The third-order valence-electron chi connectivity index (χ3n) is 8.72. The van der Waals surface area contributed by atoms with Crippen molar-refractivity contribution in [2.24, 2.45) is 49.8 Å². The van der Waals surface area contributed by atoms with E-state index < -0.39 is 67.9 Å². The van der Waals surface area contributed by atoms with Gasteiger partial charge in [-0.3, -0.25) is 33.7 Å². The molecular formula is C36H65N12O9P. The Morgan fingerprint density at radius 3 is 1.88 bits per heavy atom. The number of carboxylic acids is 1. The molecule has 0 saturated carbocycles. The Balaban J connectivity index is 3.17. The number of amides is 4. The van der Waals surface area contributed by atoms with Crippen LogP contribution in [0.15, 0.2) is 34.3 Å². The molecule has 4 amide bonds. The Bertz CT molecular complexity index is 1600. The predicted octanol–water partition coefficient (Wildman–Crippen LogP) is -0.899. The van der Waals surface area contributed by atoms with Crippen LogP contribution in [0.1, 0.15) is 78.2 Å². The number of benzene rings is 1. The number of rotatable bonds is 27. The van der Waals surface area contributed by atoms with Crippen molar-refractivity contribution in [3.8, 4) is 5.75 Å². The number of carbonyl (C=O) groups is 5. The molecular weight excluding hydrogens is 775 g/mol. The van der Waals surface area contributed by atoms with Gasteiger partial charge in [0.05, 0.1) is 18.7 Å². The van der Waals surface area contributed by atoms with E-state index in [2.05, 4.69) is 31.3 Å². The Kier molecular flexibility index (Phi) is 22.3. The second kappa shape index (κ2) is 25.4. The number of unbranched alkanes of at least 4 members (excludes halogenated alkanes) is 1. The van der Waals surface area contributed by atoms with E-state index in [1.165, 1.54) is 6.66 Å². The van der Waals surface area contributed by atoms with Gasteiger partial charge in [0.2, 0.25) is 23.6 Å². The molecule has 58 heavy (non-hydrogen) atoms. The average molecular weight is 841 g/mol. The number of aliphatic carboxylic acids is 1. The van der Waals surface area contributed by atoms with Gasteiger partial charge in [-0.25, -0.2) is 9.36 Å². The van der Waals surface area contributed by atoms with E-state index in [9.17, 15) is 33.6 Å². The number of nitrogens with zero attached hydrogens (tertiary/aromatic N) is 2. The first-order valence-corrected chi connectivity index (χ1v) is 21.0. The molecule has 6 atom stereocenters. The van der Waals surface area contributed by atoms with Gasteiger partial charge in [-0.2, -0.15) is 0 Å². The molecule has 0 aliphatic carbocycles. The van der Waals surface area contributed by atoms with Crippen molar-refractivity contribution in [2.45, 2.75) is 109 Å². The van der Waals surface area contributed by atoms with E-state index in [-0.39, 0.29) is 74.4 Å². The summed E-state index contributed by atoms with van der Waals surface area (Å²) in [6.07, 6.45) is 1.56. The summed E-state index contributed by atoms with van der Waals surface area (Å²) >= 11 is 0. The summed E-state index contributed by atoms with van der Waals surface area (Å²) in [5.74, 6) is -4.21. The van der Waals surface area contributed by atoms with Gasteiger partial charge in [0.1, 0.15) is 23.9 Å². The highest BCUT2D eigenvalue weighted by Crippen LogP contribution is 2.47. The number of aliphatic imine (C=N–C) groups is 2. The van der Waals surface area contributed by atoms with Gasteiger partial charge >= 0.3 is 13.6 Å². The minimum absolute atomic E-state index is 0.0339. The van der Waals surface area contributed by atoms with Crippen LogP contribution in [0, 0.1) is 5.41 Å². The second-order valence-corrected chi connectivity index (χ2v) is 16.8. The fourth-order valence-corrected chi connectivity index (χ4v) is 6.49. The normalized spacial score (nSPS) is 14.9. The smallest absolute Gasteiger partial charge is 0.376 e. The molecule has 0 aliphatic heterocycles. The van der Waals surface area contributed by atoms with Crippen LogP contribution in [0.3, 0.4) is 0 Å². The number of carboxylic acid groups (broad SMARTS) is 1. The molecule has 0 fully saturated rings. The number of nitrogens with one attached hydrogen (secondary N) is 4. The largest absolute Gasteiger partial charge is 0.480 e. The highest BCUT2D eigenvalue weighted by Gasteiger charge is 2.31. The average Bonchev–Trinajstić information content (AvgIpc) is 3.12. The fourth-order valence-electron chi connectivity index (χ4n) is 5.05. The lowest BCUT2D eigenvalue weighted by Crippen LogP contribution is -2.55. The number of hydrogen-bond acceptors (Lipinski definition) is 12. The summed E-state index contributed by atoms with van der Waals surface area (Å²) in [5.41, 5.74) is 33.4. The summed E-state index contributed by atoms with van der Waals surface area (Å²) < 4.78 is 24.4. The predicted molar refractivity (Wildman–Crippen MR) is 221 cm³/mol. The van der Waals surface area contributed by atoms with Gasteiger partial charge in [0.15, 0.2) is 11.9 Å². The van der Waals surface area contributed by atoms with Gasteiger partial charge in [-0.05, 0) is 81.5 Å². The maximum atomic E-state index is 13.6. The zero-order valence-corrected chi connectivity index (χ0v) is 35.1. The van der Waals surface area contributed by atoms with Crippen LogP contribution in [0.4, 0.5) is 0 Å². The minimum Gasteiger partial charge on any atom is -0.480 e. The van der Waals surface area contributed by atoms with E-state index in [0.717, 1.165) is 0 Å². The van der Waals surface area contributed by atoms with Crippen LogP contribution < -0.4 is 60.2 Å². The summed E-state index contributed by atoms with van der Waals surface area (Å²) in [6, 6.07) is 1.63. The Morgan fingerprint density at radius 1 is 0.793 bits per heavy atom. The number of hydrogen-bond donors (Lipinski definition) is 11. The van der Waals surface area contributed by atoms with Crippen LogP contribution >= 0.6 is 7.60 Å². The molecule has 0 aromatic heterocycles. The van der Waals surface area contributed by atoms with E-state index in [4.69, 9.17) is 43.4 Å². The van der Waals surface area contributed by atoms with Crippen molar-refractivity contribution in [2.75, 3.05) is 32.8 Å². The topological polar surface area (TPSA) is 370 Å². The summed E-state index contributed by atoms with van der Waals surface area (Å²) in [5, 5.41) is 19.7. The third-order valence-corrected chi connectivity index (χ3v) is 9.96. The minimum atomic E-state index is -3.50. The zero-order valence-electron chi connectivity index (χ0n) is 34.2. The van der Waals surface area contributed by atoms with Gasteiger partial charge < -0.3 is 65.3 Å². The molecule has 0 heterocycles. The van der Waals surface area contributed by atoms with Crippen LogP contribution in [0.2, 0.25) is 0 Å². The molecule has 0 radical (unpaired) electrons. The quantitative estimate of drug-likeness (QED) is 0.0221. The van der Waals surface area contributed by atoms with Crippen molar-refractivity contribution < 1.29 is 42.7 Å². The van der Waals surface area contributed by atoms with Crippen molar-refractivity contribution in [1.82, 2.24) is 21.3 Å². The highest BCUT2D eigenvalue weighted by molar-refractivity contribution is 7.53. The Morgan fingerprint density at radius 2 is 1.34 bits per heavy atom. The molecule has 1 rings (SSSR count). The van der Waals surface area contributed by atoms with E-state index >= 15 is 0 Å². The molecule has 0 aliphatic rings. The maximum Gasteiger partial charge on any atom is 0.376 e. The summed E-state index contributed by atoms with van der Waals surface area (Å²) in [6.45, 7) is 9.12. The zero-order chi connectivity index (χ0) is 44.1. The molecule has 1 aromatic carbocycles. The molecule has 328 valence electrons. The second-order valence-electron chi connectivity index (χ2n) is 14.9. The van der Waals surface area contributed by atoms with E-state index in [1.807, 2.05) is 20.8 Å². The van der Waals surface area contributed by atoms with Crippen molar-refractivity contribution in [3.63, 3.8) is 0 Å². The third kappa shape index (κ3) is 21.5. The Hall–Kier alpha value is -4.98. The van der Waals surface area contributed by atoms with Crippen LogP contribution in [0.25, 0.3) is 0 Å². The maximum absolute atomic E-state index is 13.6. The summed E-state index contributed by atoms with van der Waals surface area (Å²) in [7, 11) is -3.50. The number of guanidine groups is 2. The Labute approximate surface area is 340 Å². The first-order chi connectivity index (χ1) is 27.0. The SMILES string of the molecule is CC(OP(C)(=O)Oc1ccc(C[C@H](NC(=O)[C@@H](N)CCCN=C(N)N)C(=O)NCC(=O)N[C@@H](CCCN=C(N)N)C(=O)N[C@@H](CCCCN)C(=O)O)cc1)C(C)(C)C. The van der Waals surface area contributed by atoms with E-state index in [0.29, 0.717) is 31.4 Å². The number of nitrogens with two attached hydrogens (primary N) is 6. The number of carbonyl (C=O) groups excluding carboxylic acids is 4. The molecule has 0 spiro atoms. The monoisotopic (exact) mass is 840 g/mol. The lowest BCUT2D eigenvalue weighted by atomic mass is 9.91. The van der Waals surface area contributed by atoms with Gasteiger partial charge in [-0.1, -0.05) is 32.9 Å². The molecule has 0 bridgehead atoms. The van der Waals surface area contributed by atoms with Crippen LogP contribution in [-0.2, 0) is 39.5 Å². The van der Waals surface area contributed by atoms with Crippen molar-refractivity contribution >= 4 is 49.1 Å². The fraction of sp³-hybridized carbons (Fsp3) is 0.639. The van der Waals surface area contributed by atoms with Gasteiger partial charge in [0.25, 0.3) is 0 Å². The summed E-state index contributed by atoms with van der Waals surface area (Å²) in [4.78, 5) is 72.6. The lowest BCUT2D eigenvalue weighted by Gasteiger charge is -2.29. The highest BCUT2D eigenvalue weighted by atomic mass is 31.2. The molecule has 2 unspecified atom stereocenters. The van der Waals surface area contributed by atoms with Crippen LogP contribution in [-0.4, -0.2) is 110 Å². The standard InChI is InChI=1S/C36H65N12O9P/c1-22(36(2,3)4)56-58(5,55)57-24-15-13-23(14-16-24)20-28(48-30(50)25(38)10-8-18-43-34(39)40)31(51)45-21-29(49)46-26(12-9-19-44-35(41)42)32(52)47-27(33(53)54)11-6-7-17-37/h13-16,22,25-28H,6-12,17-21,37-38H2,1-5H3,(H,45,51)(H,46,49)(H,47,52)(H,48,50)(H,53,54)(H4,39,40,43)(H4,41,42,44)/t22?,25-,26-,27-,28-,58?/m0/s1. The molecule has 1 aromatic rings.